The van der Waals surface area contributed by atoms with E-state index in [0.29, 0.717) is 6.54 Å². The van der Waals surface area contributed by atoms with E-state index in [-0.39, 0.29) is 0 Å². The highest BCUT2D eigenvalue weighted by Gasteiger charge is 2.31. The van der Waals surface area contributed by atoms with Crippen molar-refractivity contribution in [3.8, 4) is 0 Å². The summed E-state index contributed by atoms with van der Waals surface area (Å²) in [6.45, 7) is 4.12. The van der Waals surface area contributed by atoms with Crippen LogP contribution in [0.3, 0.4) is 0 Å². The molecule has 0 saturated carbocycles. The Morgan fingerprint density at radius 1 is 1.69 bits per heavy atom. The first-order chi connectivity index (χ1) is 5.96. The van der Waals surface area contributed by atoms with Gasteiger partial charge in [-0.25, -0.2) is 4.79 Å². The fourth-order valence-electron chi connectivity index (χ4n) is 1.23. The number of hydrogen-bond acceptors (Lipinski definition) is 3. The fraction of sp³-hybridized carbons (Fsp3) is 0.875. The van der Waals surface area contributed by atoms with E-state index < -0.39 is 17.7 Å². The maximum Gasteiger partial charge on any atom is 0.314 e. The average molecular weight is 189 g/mol. The van der Waals surface area contributed by atoms with Crippen molar-refractivity contribution in [3.63, 3.8) is 0 Å². The first-order valence-corrected chi connectivity index (χ1v) is 4.40. The third-order valence-corrected chi connectivity index (χ3v) is 2.23. The van der Waals surface area contributed by atoms with Gasteiger partial charge in [-0.15, -0.1) is 0 Å². The minimum absolute atomic E-state index is 0.308. The van der Waals surface area contributed by atoms with E-state index >= 15 is 0 Å². The molecule has 0 aliphatic heterocycles. The van der Waals surface area contributed by atoms with Crippen LogP contribution in [-0.4, -0.2) is 23.9 Å². The predicted molar refractivity (Wildman–Crippen MR) is 50.8 cm³/mol. The van der Waals surface area contributed by atoms with E-state index in [1.165, 1.54) is 0 Å². The molecule has 0 aromatic carbocycles. The number of hydrogen-bond donors (Lipinski definition) is 4. The molecule has 6 N–H and O–H groups in total. The Hall–Kier alpha value is -0.810. The highest BCUT2D eigenvalue weighted by atomic mass is 16.3. The summed E-state index contributed by atoms with van der Waals surface area (Å²) in [5, 5.41) is 11.8. The number of urea groups is 1. The summed E-state index contributed by atoms with van der Waals surface area (Å²) < 4.78 is 0. The third kappa shape index (κ3) is 3.61. The molecule has 13 heavy (non-hydrogen) atoms. The van der Waals surface area contributed by atoms with Crippen molar-refractivity contribution < 1.29 is 9.90 Å². The van der Waals surface area contributed by atoms with Gasteiger partial charge in [0.05, 0.1) is 0 Å². The van der Waals surface area contributed by atoms with E-state index in [1.54, 1.807) is 0 Å². The Labute approximate surface area is 78.5 Å². The lowest BCUT2D eigenvalue weighted by molar-refractivity contribution is 0.0193. The van der Waals surface area contributed by atoms with Crippen LogP contribution in [0.5, 0.6) is 0 Å². The summed E-state index contributed by atoms with van der Waals surface area (Å²) in [6.07, 6.45) is 0.658. The zero-order valence-corrected chi connectivity index (χ0v) is 8.21. The van der Waals surface area contributed by atoms with E-state index in [2.05, 4.69) is 5.32 Å². The van der Waals surface area contributed by atoms with Crippen LogP contribution < -0.4 is 16.8 Å². The standard InChI is InChI=1S/C8H19N3O2/c1-3-4-8(2,5-9)6(12)11-7(10)13/h6,12H,3-5,9H2,1-2H3,(H3,10,11,13). The molecule has 0 aliphatic rings. The van der Waals surface area contributed by atoms with Gasteiger partial charge in [0.25, 0.3) is 0 Å². The van der Waals surface area contributed by atoms with Crippen LogP contribution in [0.15, 0.2) is 0 Å². The molecule has 2 atom stereocenters. The topological polar surface area (TPSA) is 101 Å². The number of carbonyl (C=O) groups is 1. The largest absolute Gasteiger partial charge is 0.373 e. The molecule has 5 nitrogen and oxygen atoms in total. The number of amides is 2. The zero-order chi connectivity index (χ0) is 10.5. The third-order valence-electron chi connectivity index (χ3n) is 2.23. The molecule has 2 amide bonds. The molecule has 5 heteroatoms. The van der Waals surface area contributed by atoms with Gasteiger partial charge in [0, 0.05) is 12.0 Å². The zero-order valence-electron chi connectivity index (χ0n) is 8.21. The van der Waals surface area contributed by atoms with Gasteiger partial charge in [-0.3, -0.25) is 0 Å². The van der Waals surface area contributed by atoms with Crippen LogP contribution in [0.4, 0.5) is 4.79 Å². The van der Waals surface area contributed by atoms with Crippen LogP contribution in [0.2, 0.25) is 0 Å². The normalized spacial score (nSPS) is 17.5. The summed E-state index contributed by atoms with van der Waals surface area (Å²) in [5.74, 6) is 0. The monoisotopic (exact) mass is 189 g/mol. The van der Waals surface area contributed by atoms with Crippen molar-refractivity contribution in [2.75, 3.05) is 6.54 Å². The molecule has 78 valence electrons. The molecular weight excluding hydrogens is 170 g/mol. The second kappa shape index (κ2) is 5.04. The summed E-state index contributed by atoms with van der Waals surface area (Å²) in [4.78, 5) is 10.5. The number of nitrogens with one attached hydrogen (secondary N) is 1. The van der Waals surface area contributed by atoms with Crippen LogP contribution in [0.1, 0.15) is 26.7 Å². The first-order valence-electron chi connectivity index (χ1n) is 4.40. The number of aliphatic hydroxyl groups is 1. The molecule has 0 fully saturated rings. The van der Waals surface area contributed by atoms with Crippen molar-refractivity contribution in [3.05, 3.63) is 0 Å². The molecule has 0 heterocycles. The number of primary amides is 1. The molecule has 2 unspecified atom stereocenters. The van der Waals surface area contributed by atoms with Gasteiger partial charge >= 0.3 is 6.03 Å². The number of rotatable bonds is 5. The highest BCUT2D eigenvalue weighted by Crippen LogP contribution is 2.24. The van der Waals surface area contributed by atoms with Crippen LogP contribution in [0.25, 0.3) is 0 Å². The van der Waals surface area contributed by atoms with Crippen molar-refractivity contribution in [1.82, 2.24) is 5.32 Å². The van der Waals surface area contributed by atoms with Crippen molar-refractivity contribution in [2.45, 2.75) is 32.9 Å². The SMILES string of the molecule is CCCC(C)(CN)C(O)NC(N)=O. The van der Waals surface area contributed by atoms with Gasteiger partial charge in [0.15, 0.2) is 0 Å². The summed E-state index contributed by atoms with van der Waals surface area (Å²) in [7, 11) is 0. The summed E-state index contributed by atoms with van der Waals surface area (Å²) >= 11 is 0. The Kier molecular flexibility index (Phi) is 4.72. The second-order valence-electron chi connectivity index (χ2n) is 3.52. The average Bonchev–Trinajstić information content (AvgIpc) is 2.03. The molecule has 0 spiro atoms. The molecule has 0 saturated heterocycles. The Morgan fingerprint density at radius 3 is 2.54 bits per heavy atom. The van der Waals surface area contributed by atoms with E-state index in [1.807, 2.05) is 13.8 Å². The van der Waals surface area contributed by atoms with Gasteiger partial charge in [0.2, 0.25) is 0 Å². The van der Waals surface area contributed by atoms with Gasteiger partial charge in [-0.2, -0.15) is 0 Å². The molecular formula is C8H19N3O2. The maximum atomic E-state index is 10.5. The summed E-state index contributed by atoms with van der Waals surface area (Å²) in [5.41, 5.74) is 9.91. The number of aliphatic hydroxyl groups excluding tert-OH is 1. The van der Waals surface area contributed by atoms with Crippen LogP contribution in [-0.2, 0) is 0 Å². The minimum atomic E-state index is -0.977. The number of carbonyl (C=O) groups excluding carboxylic acids is 1. The maximum absolute atomic E-state index is 10.5. The molecule has 0 aromatic rings. The van der Waals surface area contributed by atoms with Crippen molar-refractivity contribution in [2.24, 2.45) is 16.9 Å². The quantitative estimate of drug-likeness (QED) is 0.448. The lowest BCUT2D eigenvalue weighted by Gasteiger charge is -2.32. The van der Waals surface area contributed by atoms with Crippen molar-refractivity contribution >= 4 is 6.03 Å². The van der Waals surface area contributed by atoms with Gasteiger partial charge in [-0.05, 0) is 6.42 Å². The van der Waals surface area contributed by atoms with E-state index in [0.717, 1.165) is 12.8 Å². The van der Waals surface area contributed by atoms with E-state index in [4.69, 9.17) is 11.5 Å². The second-order valence-corrected chi connectivity index (χ2v) is 3.52. The lowest BCUT2D eigenvalue weighted by atomic mass is 9.84. The minimum Gasteiger partial charge on any atom is -0.373 e. The van der Waals surface area contributed by atoms with E-state index in [9.17, 15) is 9.90 Å². The fourth-order valence-corrected chi connectivity index (χ4v) is 1.23. The summed E-state index contributed by atoms with van der Waals surface area (Å²) in [6, 6.07) is -0.733. The van der Waals surface area contributed by atoms with Gasteiger partial charge < -0.3 is 21.9 Å². The molecule has 0 aromatic heterocycles. The first kappa shape index (κ1) is 12.2. The molecule has 0 radical (unpaired) electrons. The van der Waals surface area contributed by atoms with Crippen molar-refractivity contribution in [1.29, 1.82) is 0 Å². The lowest BCUT2D eigenvalue weighted by Crippen LogP contribution is -2.51. The Morgan fingerprint density at radius 2 is 2.23 bits per heavy atom. The number of nitrogens with two attached hydrogens (primary N) is 2. The van der Waals surface area contributed by atoms with Crippen LogP contribution in [0, 0.1) is 5.41 Å². The molecule has 0 rings (SSSR count). The highest BCUT2D eigenvalue weighted by molar-refractivity contribution is 5.71. The van der Waals surface area contributed by atoms with Gasteiger partial charge in [0.1, 0.15) is 6.23 Å². The van der Waals surface area contributed by atoms with Crippen LogP contribution >= 0.6 is 0 Å². The Balaban J connectivity index is 4.27. The van der Waals surface area contributed by atoms with Gasteiger partial charge in [-0.1, -0.05) is 20.3 Å². The Bertz CT molecular complexity index is 175. The smallest absolute Gasteiger partial charge is 0.314 e. The molecule has 0 bridgehead atoms. The molecule has 0 aliphatic carbocycles. The predicted octanol–water partition coefficient (Wildman–Crippen LogP) is -0.262.